The van der Waals surface area contributed by atoms with Crippen LogP contribution in [0.2, 0.25) is 0 Å². The van der Waals surface area contributed by atoms with Gasteiger partial charge in [-0.15, -0.1) is 0 Å². The van der Waals surface area contributed by atoms with Crippen molar-refractivity contribution in [2.45, 2.75) is 59.9 Å². The van der Waals surface area contributed by atoms with Gasteiger partial charge in [-0.1, -0.05) is 0 Å². The van der Waals surface area contributed by atoms with Gasteiger partial charge in [0.15, 0.2) is 18.3 Å². The lowest BCUT2D eigenvalue weighted by molar-refractivity contribution is -0.190. The number of carbonyl (C=O) groups excluding carboxylic acids is 6. The minimum atomic E-state index is -1.70. The monoisotopic (exact) mass is 456 g/mol. The van der Waals surface area contributed by atoms with Crippen molar-refractivity contribution in [1.82, 2.24) is 9.13 Å². The quantitative estimate of drug-likeness (QED) is 0.381. The van der Waals surface area contributed by atoms with Crippen LogP contribution >= 0.6 is 0 Å². The molecule has 0 unspecified atom stereocenters. The van der Waals surface area contributed by atoms with Gasteiger partial charge in [0, 0.05) is 47.7 Å². The normalized spacial score (nSPS) is 13.3. The molecule has 0 saturated carbocycles. The third-order valence-electron chi connectivity index (χ3n) is 3.89. The first-order valence-corrected chi connectivity index (χ1v) is 9.27. The first-order chi connectivity index (χ1) is 14.8. The maximum Gasteiger partial charge on any atom is 0.342 e. The first-order valence-electron chi connectivity index (χ1n) is 9.27. The summed E-state index contributed by atoms with van der Waals surface area (Å²) >= 11 is 0. The van der Waals surface area contributed by atoms with Crippen molar-refractivity contribution in [2.75, 3.05) is 6.61 Å². The fraction of sp³-hybridized carbons (Fsp3) is 0.526. The van der Waals surface area contributed by atoms with Gasteiger partial charge in [0.1, 0.15) is 6.61 Å². The summed E-state index contributed by atoms with van der Waals surface area (Å²) < 4.78 is 21.5. The second-order valence-electron chi connectivity index (χ2n) is 6.63. The molecule has 0 aliphatic rings. The molecular formula is C19H24N2O11. The van der Waals surface area contributed by atoms with Crippen molar-refractivity contribution in [3.8, 4) is 0 Å². The summed E-state index contributed by atoms with van der Waals surface area (Å²) in [5, 5.41) is 0. The summed E-state index contributed by atoms with van der Waals surface area (Å²) in [4.78, 5) is 83.1. The molecule has 13 heteroatoms. The molecule has 0 aliphatic carbocycles. The fourth-order valence-corrected chi connectivity index (χ4v) is 2.81. The van der Waals surface area contributed by atoms with Gasteiger partial charge >= 0.3 is 29.6 Å². The highest BCUT2D eigenvalue weighted by Gasteiger charge is 2.42. The molecule has 0 bridgehead atoms. The van der Waals surface area contributed by atoms with Crippen LogP contribution in [0.4, 0.5) is 0 Å². The third-order valence-corrected chi connectivity index (χ3v) is 3.89. The van der Waals surface area contributed by atoms with Crippen LogP contribution in [0.15, 0.2) is 11.0 Å². The van der Waals surface area contributed by atoms with Crippen LogP contribution in [0.3, 0.4) is 0 Å². The topological polar surface area (TPSA) is 166 Å². The Morgan fingerprint density at radius 1 is 0.781 bits per heavy atom. The number of esters is 4. The SMILES string of the molecule is CC(=O)OC[C@@H](OC(C)=O)[C@H](OC(C)=O)[C@H](OC(C)=O)c1cn(C(C)=O)c(=O)n1C(C)=O. The van der Waals surface area contributed by atoms with E-state index in [2.05, 4.69) is 0 Å². The van der Waals surface area contributed by atoms with E-state index in [0.717, 1.165) is 47.7 Å². The minimum absolute atomic E-state index is 0.334. The Bertz CT molecular complexity index is 988. The van der Waals surface area contributed by atoms with Gasteiger partial charge in [-0.3, -0.25) is 28.8 Å². The lowest BCUT2D eigenvalue weighted by Crippen LogP contribution is -2.44. The largest absolute Gasteiger partial charge is 0.462 e. The van der Waals surface area contributed by atoms with Crippen molar-refractivity contribution in [3.05, 3.63) is 22.4 Å². The second-order valence-corrected chi connectivity index (χ2v) is 6.63. The highest BCUT2D eigenvalue weighted by atomic mass is 16.6. The molecular weight excluding hydrogens is 432 g/mol. The molecule has 1 heterocycles. The number of nitrogens with zero attached hydrogens (tertiary/aromatic N) is 2. The van der Waals surface area contributed by atoms with E-state index in [0.29, 0.717) is 9.13 Å². The van der Waals surface area contributed by atoms with Crippen LogP contribution in [0.1, 0.15) is 62.9 Å². The van der Waals surface area contributed by atoms with Crippen LogP contribution in [0.25, 0.3) is 0 Å². The average Bonchev–Trinajstić information content (AvgIpc) is 2.98. The Morgan fingerprint density at radius 2 is 1.31 bits per heavy atom. The molecule has 0 saturated heterocycles. The van der Waals surface area contributed by atoms with Gasteiger partial charge in [-0.25, -0.2) is 13.9 Å². The molecule has 176 valence electrons. The summed E-state index contributed by atoms with van der Waals surface area (Å²) in [5.74, 6) is -5.03. The van der Waals surface area contributed by atoms with Crippen LogP contribution in [0.5, 0.6) is 0 Å². The number of aromatic nitrogens is 2. The molecule has 0 aliphatic heterocycles. The van der Waals surface area contributed by atoms with Gasteiger partial charge in [0.25, 0.3) is 0 Å². The molecule has 13 nitrogen and oxygen atoms in total. The highest BCUT2D eigenvalue weighted by Crippen LogP contribution is 2.28. The average molecular weight is 456 g/mol. The van der Waals surface area contributed by atoms with E-state index in [1.807, 2.05) is 0 Å². The molecule has 0 spiro atoms. The number of carbonyl (C=O) groups is 6. The third kappa shape index (κ3) is 6.89. The molecule has 1 aromatic rings. The van der Waals surface area contributed by atoms with Crippen molar-refractivity contribution < 1.29 is 47.7 Å². The van der Waals surface area contributed by atoms with Crippen molar-refractivity contribution in [2.24, 2.45) is 0 Å². The Kier molecular flexibility index (Phi) is 9.05. The number of imidazole rings is 1. The Labute approximate surface area is 182 Å². The molecule has 1 rings (SSSR count). The van der Waals surface area contributed by atoms with E-state index in [1.54, 1.807) is 0 Å². The molecule has 0 N–H and O–H groups in total. The van der Waals surface area contributed by atoms with Crippen molar-refractivity contribution in [1.29, 1.82) is 0 Å². The standard InChI is InChI=1S/C19H24N2O11/c1-9(22)20-7-15(21(10(2)23)19(20)28)17(31-13(5)26)18(32-14(6)27)16(30-12(4)25)8-29-11(3)24/h7,16-18H,8H2,1-6H3/t16-,17-,18+/m1/s1. The molecule has 0 aromatic carbocycles. The van der Waals surface area contributed by atoms with E-state index in [-0.39, 0.29) is 5.69 Å². The molecule has 0 radical (unpaired) electrons. The summed E-state index contributed by atoms with van der Waals surface area (Å²) in [5.41, 5.74) is -1.39. The zero-order valence-corrected chi connectivity index (χ0v) is 18.4. The smallest absolute Gasteiger partial charge is 0.342 e. The molecule has 32 heavy (non-hydrogen) atoms. The zero-order chi connectivity index (χ0) is 24.7. The van der Waals surface area contributed by atoms with E-state index in [9.17, 15) is 33.6 Å². The fourth-order valence-electron chi connectivity index (χ4n) is 2.81. The van der Waals surface area contributed by atoms with Gasteiger partial charge in [0.2, 0.25) is 11.8 Å². The molecule has 1 aromatic heterocycles. The Morgan fingerprint density at radius 3 is 1.72 bits per heavy atom. The van der Waals surface area contributed by atoms with Gasteiger partial charge in [-0.2, -0.15) is 0 Å². The van der Waals surface area contributed by atoms with Crippen LogP contribution in [-0.4, -0.2) is 63.6 Å². The predicted octanol–water partition coefficient (Wildman–Crippen LogP) is 0.000700. The summed E-state index contributed by atoms with van der Waals surface area (Å²) in [6, 6.07) is 0. The van der Waals surface area contributed by atoms with Gasteiger partial charge in [-0.05, 0) is 0 Å². The number of hydrogen-bond donors (Lipinski definition) is 0. The van der Waals surface area contributed by atoms with Gasteiger partial charge < -0.3 is 18.9 Å². The second kappa shape index (κ2) is 11.0. The minimum Gasteiger partial charge on any atom is -0.462 e. The highest BCUT2D eigenvalue weighted by molar-refractivity contribution is 5.80. The Balaban J connectivity index is 3.77. The van der Waals surface area contributed by atoms with E-state index < -0.39 is 66.3 Å². The van der Waals surface area contributed by atoms with Crippen molar-refractivity contribution >= 4 is 35.7 Å². The van der Waals surface area contributed by atoms with E-state index in [4.69, 9.17) is 18.9 Å². The maximum atomic E-state index is 12.6. The maximum absolute atomic E-state index is 12.6. The molecule has 0 fully saturated rings. The Hall–Kier alpha value is -3.77. The van der Waals surface area contributed by atoms with E-state index in [1.165, 1.54) is 0 Å². The van der Waals surface area contributed by atoms with Crippen LogP contribution in [0, 0.1) is 0 Å². The zero-order valence-electron chi connectivity index (χ0n) is 18.4. The summed E-state index contributed by atoms with van der Waals surface area (Å²) in [6.45, 7) is 5.59. The molecule has 0 amide bonds. The number of hydrogen-bond acceptors (Lipinski definition) is 11. The number of rotatable bonds is 8. The van der Waals surface area contributed by atoms with Gasteiger partial charge in [0.05, 0.1) is 5.69 Å². The van der Waals surface area contributed by atoms with Crippen molar-refractivity contribution in [3.63, 3.8) is 0 Å². The lowest BCUT2D eigenvalue weighted by Gasteiger charge is -2.31. The van der Waals surface area contributed by atoms with Crippen LogP contribution < -0.4 is 5.69 Å². The lowest BCUT2D eigenvalue weighted by atomic mass is 10.0. The summed E-state index contributed by atoms with van der Waals surface area (Å²) in [6.07, 6.45) is -3.92. The number of ether oxygens (including phenoxy) is 4. The predicted molar refractivity (Wildman–Crippen MR) is 104 cm³/mol. The van der Waals surface area contributed by atoms with E-state index >= 15 is 0 Å². The van der Waals surface area contributed by atoms with Crippen LogP contribution in [-0.2, 0) is 38.1 Å². The molecule has 3 atom stereocenters. The summed E-state index contributed by atoms with van der Waals surface area (Å²) in [7, 11) is 0. The first kappa shape index (κ1) is 26.3.